The highest BCUT2D eigenvalue weighted by Crippen LogP contribution is 2.27. The topological polar surface area (TPSA) is 102 Å². The molecule has 0 aliphatic heterocycles. The Morgan fingerprint density at radius 2 is 1.31 bits per heavy atom. The lowest BCUT2D eigenvalue weighted by atomic mass is 10.1. The molecule has 3 rings (SSSR count). The van der Waals surface area contributed by atoms with Crippen LogP contribution >= 0.6 is 0 Å². The first kappa shape index (κ1) is 23.6. The summed E-state index contributed by atoms with van der Waals surface area (Å²) in [6, 6.07) is 18.9. The smallest absolute Gasteiger partial charge is 0.262 e. The number of anilines is 2. The maximum Gasteiger partial charge on any atom is 0.262 e. The zero-order valence-corrected chi connectivity index (χ0v) is 19.5. The Balaban J connectivity index is 1.73. The van der Waals surface area contributed by atoms with Gasteiger partial charge in [-0.25, -0.2) is 16.8 Å². The molecule has 0 unspecified atom stereocenters. The van der Waals surface area contributed by atoms with E-state index in [-0.39, 0.29) is 15.5 Å². The number of hydrogen-bond acceptors (Lipinski definition) is 5. The number of nitrogens with one attached hydrogen (secondary N) is 2. The lowest BCUT2D eigenvalue weighted by Crippen LogP contribution is -2.15. The van der Waals surface area contributed by atoms with E-state index in [2.05, 4.69) is 16.4 Å². The van der Waals surface area contributed by atoms with E-state index < -0.39 is 20.0 Å². The molecule has 32 heavy (non-hydrogen) atoms. The Kier molecular flexibility index (Phi) is 7.42. The van der Waals surface area contributed by atoms with Gasteiger partial charge in [0.05, 0.1) is 22.6 Å². The number of sulfonamides is 2. The summed E-state index contributed by atoms with van der Waals surface area (Å²) < 4.78 is 60.8. The number of ether oxygens (including phenoxy) is 1. The number of rotatable bonds is 10. The average Bonchev–Trinajstić information content (AvgIpc) is 2.78. The predicted octanol–water partition coefficient (Wildman–Crippen LogP) is 4.64. The Morgan fingerprint density at radius 1 is 0.750 bits per heavy atom. The second-order valence-electron chi connectivity index (χ2n) is 7.18. The van der Waals surface area contributed by atoms with Gasteiger partial charge in [0.15, 0.2) is 0 Å². The van der Waals surface area contributed by atoms with Gasteiger partial charge in [-0.15, -0.1) is 0 Å². The fourth-order valence-corrected chi connectivity index (χ4v) is 5.19. The van der Waals surface area contributed by atoms with Crippen LogP contribution in [0.4, 0.5) is 11.4 Å². The van der Waals surface area contributed by atoms with Crippen LogP contribution in [0.3, 0.4) is 0 Å². The average molecular weight is 475 g/mol. The minimum absolute atomic E-state index is 0.00775. The minimum Gasteiger partial charge on any atom is -0.495 e. The first-order valence-corrected chi connectivity index (χ1v) is 13.1. The molecule has 0 spiro atoms. The number of hydrogen-bond donors (Lipinski definition) is 2. The van der Waals surface area contributed by atoms with E-state index in [0.717, 1.165) is 24.8 Å². The summed E-state index contributed by atoms with van der Waals surface area (Å²) in [5, 5.41) is 0. The summed E-state index contributed by atoms with van der Waals surface area (Å²) in [5.74, 6) is 0.390. The Labute approximate surface area is 189 Å². The quantitative estimate of drug-likeness (QED) is 0.446. The van der Waals surface area contributed by atoms with E-state index in [1.807, 2.05) is 12.1 Å². The van der Waals surface area contributed by atoms with E-state index in [0.29, 0.717) is 11.4 Å². The largest absolute Gasteiger partial charge is 0.495 e. The molecule has 9 heteroatoms. The molecule has 170 valence electrons. The number of aryl methyl sites for hydroxylation is 1. The van der Waals surface area contributed by atoms with E-state index in [1.165, 1.54) is 31.4 Å². The highest BCUT2D eigenvalue weighted by atomic mass is 32.2. The monoisotopic (exact) mass is 474 g/mol. The molecule has 7 nitrogen and oxygen atoms in total. The van der Waals surface area contributed by atoms with Gasteiger partial charge in [0.2, 0.25) is 0 Å². The summed E-state index contributed by atoms with van der Waals surface area (Å²) in [6.45, 7) is 2.11. The van der Waals surface area contributed by atoms with E-state index >= 15 is 0 Å². The second kappa shape index (κ2) is 10.1. The predicted molar refractivity (Wildman–Crippen MR) is 126 cm³/mol. The number of benzene rings is 3. The van der Waals surface area contributed by atoms with Crippen LogP contribution in [0.1, 0.15) is 25.3 Å². The van der Waals surface area contributed by atoms with Crippen LogP contribution in [-0.2, 0) is 26.5 Å². The molecule has 0 aliphatic rings. The van der Waals surface area contributed by atoms with E-state index in [9.17, 15) is 16.8 Å². The minimum atomic E-state index is -3.88. The lowest BCUT2D eigenvalue weighted by Gasteiger charge is -2.12. The molecule has 0 atom stereocenters. The molecule has 0 heterocycles. The third-order valence-corrected chi connectivity index (χ3v) is 7.60. The van der Waals surface area contributed by atoms with Gasteiger partial charge in [0, 0.05) is 5.69 Å². The van der Waals surface area contributed by atoms with Crippen LogP contribution in [-0.4, -0.2) is 23.9 Å². The Hall–Kier alpha value is -3.04. The molecular weight excluding hydrogens is 448 g/mol. The van der Waals surface area contributed by atoms with Crippen LogP contribution in [0.2, 0.25) is 0 Å². The maximum absolute atomic E-state index is 12.7. The van der Waals surface area contributed by atoms with Crippen molar-refractivity contribution in [1.29, 1.82) is 0 Å². The van der Waals surface area contributed by atoms with Crippen LogP contribution in [0.5, 0.6) is 5.75 Å². The van der Waals surface area contributed by atoms with Crippen LogP contribution in [0.25, 0.3) is 0 Å². The zero-order chi connectivity index (χ0) is 23.2. The highest BCUT2D eigenvalue weighted by Gasteiger charge is 2.18. The maximum atomic E-state index is 12.7. The van der Waals surface area contributed by atoms with Gasteiger partial charge in [0.1, 0.15) is 5.75 Å². The third kappa shape index (κ3) is 5.80. The number of unbranched alkanes of at least 4 members (excludes halogenated alkanes) is 1. The molecule has 0 amide bonds. The van der Waals surface area contributed by atoms with Gasteiger partial charge in [0.25, 0.3) is 20.0 Å². The van der Waals surface area contributed by atoms with Gasteiger partial charge < -0.3 is 4.74 Å². The highest BCUT2D eigenvalue weighted by molar-refractivity contribution is 7.93. The van der Waals surface area contributed by atoms with Crippen molar-refractivity contribution in [3.63, 3.8) is 0 Å². The molecule has 0 aromatic heterocycles. The van der Waals surface area contributed by atoms with Crippen LogP contribution in [0, 0.1) is 0 Å². The van der Waals surface area contributed by atoms with Gasteiger partial charge in [-0.2, -0.15) is 0 Å². The van der Waals surface area contributed by atoms with E-state index in [1.54, 1.807) is 36.4 Å². The molecule has 0 saturated heterocycles. The molecule has 0 bridgehead atoms. The van der Waals surface area contributed by atoms with Crippen molar-refractivity contribution in [1.82, 2.24) is 0 Å². The van der Waals surface area contributed by atoms with Crippen LogP contribution in [0.15, 0.2) is 82.6 Å². The summed E-state index contributed by atoms with van der Waals surface area (Å²) in [7, 11) is -6.22. The molecule has 0 aliphatic carbocycles. The summed E-state index contributed by atoms with van der Waals surface area (Å²) in [6.07, 6.45) is 3.02. The lowest BCUT2D eigenvalue weighted by molar-refractivity contribution is 0.417. The van der Waals surface area contributed by atoms with Crippen molar-refractivity contribution in [2.75, 3.05) is 16.6 Å². The fraction of sp³-hybridized carbons (Fsp3) is 0.217. The van der Waals surface area contributed by atoms with Gasteiger partial charge in [-0.1, -0.05) is 37.6 Å². The normalized spacial score (nSPS) is 11.7. The van der Waals surface area contributed by atoms with Crippen molar-refractivity contribution < 1.29 is 21.6 Å². The summed E-state index contributed by atoms with van der Waals surface area (Å²) >= 11 is 0. The fourth-order valence-electron chi connectivity index (χ4n) is 3.07. The molecule has 2 N–H and O–H groups in total. The van der Waals surface area contributed by atoms with Crippen molar-refractivity contribution in [3.05, 3.63) is 78.4 Å². The van der Waals surface area contributed by atoms with Gasteiger partial charge in [-0.3, -0.25) is 9.44 Å². The molecule has 0 radical (unpaired) electrons. The second-order valence-corrected chi connectivity index (χ2v) is 10.5. The SMILES string of the molecule is CCCCc1ccc(S(=O)(=O)Nc2ccc(S(=O)(=O)Nc3ccccc3OC)cc2)cc1. The van der Waals surface area contributed by atoms with Crippen LogP contribution < -0.4 is 14.2 Å². The Morgan fingerprint density at radius 3 is 1.91 bits per heavy atom. The molecule has 0 fully saturated rings. The van der Waals surface area contributed by atoms with Gasteiger partial charge >= 0.3 is 0 Å². The third-order valence-electron chi connectivity index (χ3n) is 4.82. The number of methoxy groups -OCH3 is 1. The number of para-hydroxylation sites is 2. The molecule has 3 aromatic carbocycles. The zero-order valence-electron chi connectivity index (χ0n) is 17.9. The first-order valence-electron chi connectivity index (χ1n) is 10.1. The summed E-state index contributed by atoms with van der Waals surface area (Å²) in [5.41, 5.74) is 1.65. The van der Waals surface area contributed by atoms with E-state index in [4.69, 9.17) is 4.74 Å². The molecular formula is C23H26N2O5S2. The molecule has 0 saturated carbocycles. The Bertz CT molecular complexity index is 1250. The first-order chi connectivity index (χ1) is 15.2. The van der Waals surface area contributed by atoms with Gasteiger partial charge in [-0.05, 0) is 66.9 Å². The summed E-state index contributed by atoms with van der Waals surface area (Å²) in [4.78, 5) is 0.138. The van der Waals surface area contributed by atoms with Crippen molar-refractivity contribution in [3.8, 4) is 5.75 Å². The van der Waals surface area contributed by atoms with Crippen molar-refractivity contribution in [2.45, 2.75) is 36.0 Å². The van der Waals surface area contributed by atoms with Crippen molar-refractivity contribution in [2.24, 2.45) is 0 Å². The standard InChI is InChI=1S/C23H26N2O5S2/c1-3-4-7-18-10-14-20(15-11-18)31(26,27)24-19-12-16-21(17-13-19)32(28,29)25-22-8-5-6-9-23(22)30-2/h5-6,8-17,24-25H,3-4,7H2,1-2H3. The molecule has 3 aromatic rings. The van der Waals surface area contributed by atoms with Crippen molar-refractivity contribution >= 4 is 31.4 Å².